The van der Waals surface area contributed by atoms with Crippen molar-refractivity contribution in [3.05, 3.63) is 35.2 Å². The largest absolute Gasteiger partial charge is 0.465 e. The number of halogens is 1. The highest BCUT2D eigenvalue weighted by Crippen LogP contribution is 2.27. The number of nitrogens with zero attached hydrogens (tertiary/aromatic N) is 2. The third kappa shape index (κ3) is 3.61. The van der Waals surface area contributed by atoms with Crippen LogP contribution in [-0.4, -0.2) is 22.7 Å². The van der Waals surface area contributed by atoms with Gasteiger partial charge in [-0.1, -0.05) is 30.6 Å². The Morgan fingerprint density at radius 3 is 2.57 bits per heavy atom. The number of carbonyl (C=O) groups excluding carboxylic acids is 1. The van der Waals surface area contributed by atoms with E-state index >= 15 is 0 Å². The summed E-state index contributed by atoms with van der Waals surface area (Å²) in [5, 5.41) is 4.56. The molecule has 0 N–H and O–H groups in total. The van der Waals surface area contributed by atoms with Gasteiger partial charge in [-0.05, 0) is 37.1 Å². The summed E-state index contributed by atoms with van der Waals surface area (Å²) in [6.45, 7) is 5.91. The van der Waals surface area contributed by atoms with E-state index in [9.17, 15) is 4.79 Å². The Balaban J connectivity index is 2.28. The van der Waals surface area contributed by atoms with E-state index in [2.05, 4.69) is 10.1 Å². The summed E-state index contributed by atoms with van der Waals surface area (Å²) < 4.78 is 10.3. The minimum atomic E-state index is -0.557. The maximum atomic E-state index is 12.0. The number of esters is 1. The molecular weight excluding hydrogens is 292 g/mol. The van der Waals surface area contributed by atoms with E-state index in [-0.39, 0.29) is 17.8 Å². The van der Waals surface area contributed by atoms with Gasteiger partial charge in [0.2, 0.25) is 11.7 Å². The molecule has 5 nitrogen and oxygen atoms in total. The molecule has 21 heavy (non-hydrogen) atoms. The molecule has 0 bridgehead atoms. The SMILES string of the molecule is CCOC(=O)C(c1nc(-c2ccc(Cl)cc2)no1)C(C)C. The quantitative estimate of drug-likeness (QED) is 0.788. The van der Waals surface area contributed by atoms with Crippen LogP contribution in [0.2, 0.25) is 5.02 Å². The molecule has 0 aliphatic heterocycles. The first-order valence-corrected chi connectivity index (χ1v) is 7.17. The van der Waals surface area contributed by atoms with Crippen molar-refractivity contribution in [2.45, 2.75) is 26.7 Å². The summed E-state index contributed by atoms with van der Waals surface area (Å²) in [5.41, 5.74) is 0.778. The van der Waals surface area contributed by atoms with Gasteiger partial charge < -0.3 is 9.26 Å². The molecule has 0 amide bonds. The first kappa shape index (κ1) is 15.5. The van der Waals surface area contributed by atoms with Crippen LogP contribution in [0.3, 0.4) is 0 Å². The van der Waals surface area contributed by atoms with Gasteiger partial charge in [0.05, 0.1) is 6.61 Å². The second-order valence-corrected chi connectivity index (χ2v) is 5.37. The zero-order valence-electron chi connectivity index (χ0n) is 12.2. The number of hydrogen-bond acceptors (Lipinski definition) is 5. The third-order valence-electron chi connectivity index (χ3n) is 3.02. The summed E-state index contributed by atoms with van der Waals surface area (Å²) in [7, 11) is 0. The minimum absolute atomic E-state index is 0.00238. The summed E-state index contributed by atoms with van der Waals surface area (Å²) in [6.07, 6.45) is 0. The van der Waals surface area contributed by atoms with Crippen LogP contribution in [0, 0.1) is 5.92 Å². The third-order valence-corrected chi connectivity index (χ3v) is 3.27. The maximum Gasteiger partial charge on any atom is 0.318 e. The molecule has 2 aromatic rings. The molecule has 0 radical (unpaired) electrons. The van der Waals surface area contributed by atoms with Crippen molar-refractivity contribution in [3.8, 4) is 11.4 Å². The number of hydrogen-bond donors (Lipinski definition) is 0. The van der Waals surface area contributed by atoms with E-state index < -0.39 is 5.92 Å². The Bertz CT molecular complexity index is 608. The lowest BCUT2D eigenvalue weighted by Gasteiger charge is -2.14. The number of rotatable bonds is 5. The Kier molecular flexibility index (Phi) is 4.96. The van der Waals surface area contributed by atoms with E-state index in [1.54, 1.807) is 31.2 Å². The Labute approximate surface area is 128 Å². The monoisotopic (exact) mass is 308 g/mol. The second-order valence-electron chi connectivity index (χ2n) is 4.94. The molecule has 6 heteroatoms. The van der Waals surface area contributed by atoms with E-state index in [1.807, 2.05) is 13.8 Å². The van der Waals surface area contributed by atoms with Gasteiger partial charge in [-0.2, -0.15) is 4.98 Å². The van der Waals surface area contributed by atoms with Crippen molar-refractivity contribution in [2.24, 2.45) is 5.92 Å². The number of aromatic nitrogens is 2. The second kappa shape index (κ2) is 6.72. The first-order valence-electron chi connectivity index (χ1n) is 6.79. The molecule has 1 aromatic heterocycles. The molecule has 0 saturated carbocycles. The molecule has 0 aliphatic carbocycles. The van der Waals surface area contributed by atoms with Gasteiger partial charge in [0.25, 0.3) is 0 Å². The summed E-state index contributed by atoms with van der Waals surface area (Å²) >= 11 is 5.85. The molecule has 0 aliphatic rings. The van der Waals surface area contributed by atoms with Crippen LogP contribution in [-0.2, 0) is 9.53 Å². The summed E-state index contributed by atoms with van der Waals surface area (Å²) in [5.74, 6) is -0.204. The van der Waals surface area contributed by atoms with Crippen molar-refractivity contribution in [3.63, 3.8) is 0 Å². The molecule has 1 atom stereocenters. The summed E-state index contributed by atoms with van der Waals surface area (Å²) in [6, 6.07) is 7.09. The van der Waals surface area contributed by atoms with Gasteiger partial charge in [-0.25, -0.2) is 0 Å². The lowest BCUT2D eigenvalue weighted by Crippen LogP contribution is -2.21. The fourth-order valence-electron chi connectivity index (χ4n) is 1.97. The van der Waals surface area contributed by atoms with Gasteiger partial charge >= 0.3 is 5.97 Å². The zero-order valence-corrected chi connectivity index (χ0v) is 12.9. The maximum absolute atomic E-state index is 12.0. The predicted molar refractivity (Wildman–Crippen MR) is 79.0 cm³/mol. The number of ether oxygens (including phenoxy) is 1. The first-order chi connectivity index (χ1) is 10.0. The summed E-state index contributed by atoms with van der Waals surface area (Å²) in [4.78, 5) is 16.3. The molecule has 2 rings (SSSR count). The van der Waals surface area contributed by atoms with Crippen LogP contribution < -0.4 is 0 Å². The average Bonchev–Trinajstić information content (AvgIpc) is 2.89. The topological polar surface area (TPSA) is 65.2 Å². The highest BCUT2D eigenvalue weighted by atomic mass is 35.5. The van der Waals surface area contributed by atoms with Crippen molar-refractivity contribution >= 4 is 17.6 Å². The highest BCUT2D eigenvalue weighted by molar-refractivity contribution is 6.30. The molecule has 0 spiro atoms. The van der Waals surface area contributed by atoms with Gasteiger partial charge in [0.15, 0.2) is 0 Å². The van der Waals surface area contributed by atoms with Crippen LogP contribution in [0.4, 0.5) is 0 Å². The molecule has 1 aromatic carbocycles. The normalized spacial score (nSPS) is 12.4. The van der Waals surface area contributed by atoms with Crippen molar-refractivity contribution in [1.82, 2.24) is 10.1 Å². The molecule has 0 fully saturated rings. The van der Waals surface area contributed by atoms with E-state index in [4.69, 9.17) is 20.9 Å². The molecule has 112 valence electrons. The van der Waals surface area contributed by atoms with Crippen molar-refractivity contribution in [2.75, 3.05) is 6.61 Å². The van der Waals surface area contributed by atoms with Crippen molar-refractivity contribution in [1.29, 1.82) is 0 Å². The van der Waals surface area contributed by atoms with Gasteiger partial charge in [0.1, 0.15) is 5.92 Å². The lowest BCUT2D eigenvalue weighted by atomic mass is 9.96. The van der Waals surface area contributed by atoms with E-state index in [0.717, 1.165) is 5.56 Å². The molecule has 0 saturated heterocycles. The predicted octanol–water partition coefficient (Wildman–Crippen LogP) is 3.69. The van der Waals surface area contributed by atoms with Crippen LogP contribution in [0.1, 0.15) is 32.6 Å². The average molecular weight is 309 g/mol. The number of carbonyl (C=O) groups is 1. The standard InChI is InChI=1S/C15H17ClN2O3/c1-4-20-15(19)12(9(2)3)14-17-13(18-21-14)10-5-7-11(16)8-6-10/h5-9,12H,4H2,1-3H3. The number of benzene rings is 1. The smallest absolute Gasteiger partial charge is 0.318 e. The van der Waals surface area contributed by atoms with E-state index in [1.165, 1.54) is 0 Å². The Morgan fingerprint density at radius 1 is 1.33 bits per heavy atom. The Hall–Kier alpha value is -1.88. The zero-order chi connectivity index (χ0) is 15.4. The fraction of sp³-hybridized carbons (Fsp3) is 0.400. The minimum Gasteiger partial charge on any atom is -0.465 e. The van der Waals surface area contributed by atoms with Crippen LogP contribution in [0.5, 0.6) is 0 Å². The molecule has 1 unspecified atom stereocenters. The van der Waals surface area contributed by atoms with Crippen molar-refractivity contribution < 1.29 is 14.1 Å². The Morgan fingerprint density at radius 2 is 2.00 bits per heavy atom. The van der Waals surface area contributed by atoms with Gasteiger partial charge in [0, 0.05) is 10.6 Å². The molecular formula is C15H17ClN2O3. The highest BCUT2D eigenvalue weighted by Gasteiger charge is 2.31. The van der Waals surface area contributed by atoms with Crippen LogP contribution >= 0.6 is 11.6 Å². The molecule has 1 heterocycles. The van der Waals surface area contributed by atoms with Gasteiger partial charge in [-0.15, -0.1) is 0 Å². The van der Waals surface area contributed by atoms with E-state index in [0.29, 0.717) is 17.5 Å². The lowest BCUT2D eigenvalue weighted by molar-refractivity contribution is -0.146. The fourth-order valence-corrected chi connectivity index (χ4v) is 2.09. The van der Waals surface area contributed by atoms with Crippen LogP contribution in [0.25, 0.3) is 11.4 Å². The van der Waals surface area contributed by atoms with Crippen LogP contribution in [0.15, 0.2) is 28.8 Å². The van der Waals surface area contributed by atoms with Gasteiger partial charge in [-0.3, -0.25) is 4.79 Å².